The van der Waals surface area contributed by atoms with Gasteiger partial charge in [-0.15, -0.1) is 0 Å². The molecule has 4 heteroatoms. The summed E-state index contributed by atoms with van der Waals surface area (Å²) >= 11 is 0. The molecule has 0 saturated heterocycles. The fourth-order valence-electron chi connectivity index (χ4n) is 2.73. The van der Waals surface area contributed by atoms with Crippen molar-refractivity contribution < 1.29 is 9.90 Å². The van der Waals surface area contributed by atoms with Crippen LogP contribution in [0.2, 0.25) is 0 Å². The van der Waals surface area contributed by atoms with Crippen molar-refractivity contribution in [3.05, 3.63) is 35.4 Å². The molecule has 0 heterocycles. The van der Waals surface area contributed by atoms with E-state index in [-0.39, 0.29) is 12.6 Å². The number of hydrogen-bond acceptors (Lipinski definition) is 2. The second kappa shape index (κ2) is 6.75. The highest BCUT2D eigenvalue weighted by Crippen LogP contribution is 2.28. The van der Waals surface area contributed by atoms with Gasteiger partial charge in [-0.3, -0.25) is 0 Å². The second-order valence-corrected chi connectivity index (χ2v) is 5.76. The summed E-state index contributed by atoms with van der Waals surface area (Å²) in [6.45, 7) is 2.69. The van der Waals surface area contributed by atoms with Crippen LogP contribution in [0.4, 0.5) is 4.79 Å². The van der Waals surface area contributed by atoms with E-state index in [4.69, 9.17) is 0 Å². The average molecular weight is 276 g/mol. The van der Waals surface area contributed by atoms with E-state index in [9.17, 15) is 9.90 Å². The minimum absolute atomic E-state index is 0.0262. The van der Waals surface area contributed by atoms with Crippen LogP contribution >= 0.6 is 0 Å². The van der Waals surface area contributed by atoms with Crippen molar-refractivity contribution in [3.63, 3.8) is 0 Å². The molecule has 2 rings (SSSR count). The Morgan fingerprint density at radius 1 is 1.25 bits per heavy atom. The van der Waals surface area contributed by atoms with E-state index in [1.807, 2.05) is 0 Å². The smallest absolute Gasteiger partial charge is 0.315 e. The molecule has 0 aliphatic heterocycles. The average Bonchev–Trinajstić information content (AvgIpc) is 2.90. The van der Waals surface area contributed by atoms with Crippen molar-refractivity contribution in [1.82, 2.24) is 10.6 Å². The lowest BCUT2D eigenvalue weighted by molar-refractivity contribution is 0.163. The first-order valence-electron chi connectivity index (χ1n) is 7.36. The Bertz CT molecular complexity index is 436. The zero-order chi connectivity index (χ0) is 14.4. The van der Waals surface area contributed by atoms with Crippen LogP contribution < -0.4 is 10.6 Å². The van der Waals surface area contributed by atoms with Gasteiger partial charge in [0.15, 0.2) is 0 Å². The first-order valence-corrected chi connectivity index (χ1v) is 7.36. The lowest BCUT2D eigenvalue weighted by atomic mass is 9.99. The summed E-state index contributed by atoms with van der Waals surface area (Å²) in [5, 5.41) is 15.3. The number of nitrogens with one attached hydrogen (secondary N) is 2. The molecule has 1 saturated carbocycles. The zero-order valence-electron chi connectivity index (χ0n) is 12.1. The third-order valence-corrected chi connectivity index (χ3v) is 4.06. The van der Waals surface area contributed by atoms with E-state index in [1.165, 1.54) is 11.1 Å². The van der Waals surface area contributed by atoms with E-state index < -0.39 is 5.54 Å². The van der Waals surface area contributed by atoms with Crippen LogP contribution in [0.3, 0.4) is 0 Å². The Morgan fingerprint density at radius 2 is 1.90 bits per heavy atom. The van der Waals surface area contributed by atoms with Gasteiger partial charge in [0.2, 0.25) is 0 Å². The van der Waals surface area contributed by atoms with Gasteiger partial charge in [-0.1, -0.05) is 42.7 Å². The standard InChI is InChI=1S/C16H24N2O2/c1-13-4-6-14(7-5-13)8-11-17-15(20)18-16(12-19)9-2-3-10-16/h4-7,19H,2-3,8-12H2,1H3,(H2,17,18,20). The summed E-state index contributed by atoms with van der Waals surface area (Å²) < 4.78 is 0. The van der Waals surface area contributed by atoms with Crippen molar-refractivity contribution in [3.8, 4) is 0 Å². The molecule has 0 unspecified atom stereocenters. The van der Waals surface area contributed by atoms with Crippen LogP contribution in [0.1, 0.15) is 36.8 Å². The monoisotopic (exact) mass is 276 g/mol. The van der Waals surface area contributed by atoms with Gasteiger partial charge in [0, 0.05) is 6.54 Å². The maximum Gasteiger partial charge on any atom is 0.315 e. The number of aliphatic hydroxyl groups is 1. The van der Waals surface area contributed by atoms with Crippen LogP contribution in [-0.2, 0) is 6.42 Å². The molecule has 1 aliphatic rings. The molecule has 0 aromatic heterocycles. The van der Waals surface area contributed by atoms with Crippen molar-refractivity contribution in [1.29, 1.82) is 0 Å². The fraction of sp³-hybridized carbons (Fsp3) is 0.562. The van der Waals surface area contributed by atoms with Crippen molar-refractivity contribution >= 4 is 6.03 Å². The molecule has 1 aliphatic carbocycles. The number of benzene rings is 1. The van der Waals surface area contributed by atoms with E-state index in [0.29, 0.717) is 6.54 Å². The molecule has 2 amide bonds. The summed E-state index contributed by atoms with van der Waals surface area (Å²) in [7, 11) is 0. The SMILES string of the molecule is Cc1ccc(CCNC(=O)NC2(CO)CCCC2)cc1. The molecule has 110 valence electrons. The fourth-order valence-corrected chi connectivity index (χ4v) is 2.73. The van der Waals surface area contributed by atoms with Crippen molar-refractivity contribution in [2.45, 2.75) is 44.6 Å². The van der Waals surface area contributed by atoms with Gasteiger partial charge >= 0.3 is 6.03 Å². The number of aryl methyl sites for hydroxylation is 1. The number of rotatable bonds is 5. The van der Waals surface area contributed by atoms with Crippen molar-refractivity contribution in [2.24, 2.45) is 0 Å². The van der Waals surface area contributed by atoms with E-state index in [0.717, 1.165) is 32.1 Å². The molecule has 4 nitrogen and oxygen atoms in total. The van der Waals surface area contributed by atoms with E-state index in [2.05, 4.69) is 41.8 Å². The lowest BCUT2D eigenvalue weighted by Crippen LogP contribution is -2.53. The van der Waals surface area contributed by atoms with Gasteiger partial charge in [0.05, 0.1) is 12.1 Å². The first kappa shape index (κ1) is 14.9. The van der Waals surface area contributed by atoms with Gasteiger partial charge in [-0.2, -0.15) is 0 Å². The Kier molecular flexibility index (Phi) is 5.01. The number of carbonyl (C=O) groups excluding carboxylic acids is 1. The van der Waals surface area contributed by atoms with Crippen LogP contribution in [-0.4, -0.2) is 29.8 Å². The molecule has 1 aromatic rings. The first-order chi connectivity index (χ1) is 9.63. The summed E-state index contributed by atoms with van der Waals surface area (Å²) in [5.74, 6) is 0. The van der Waals surface area contributed by atoms with Crippen molar-refractivity contribution in [2.75, 3.05) is 13.2 Å². The van der Waals surface area contributed by atoms with Gasteiger partial charge in [0.1, 0.15) is 0 Å². The summed E-state index contributed by atoms with van der Waals surface area (Å²) in [5.41, 5.74) is 2.06. The largest absolute Gasteiger partial charge is 0.394 e. The molecular formula is C16H24N2O2. The Hall–Kier alpha value is -1.55. The predicted octanol–water partition coefficient (Wildman–Crippen LogP) is 2.14. The van der Waals surface area contributed by atoms with E-state index in [1.54, 1.807) is 0 Å². The maximum absolute atomic E-state index is 11.9. The summed E-state index contributed by atoms with van der Waals surface area (Å²) in [4.78, 5) is 11.9. The predicted molar refractivity (Wildman–Crippen MR) is 79.7 cm³/mol. The molecule has 0 radical (unpaired) electrons. The van der Waals surface area contributed by atoms with Crippen LogP contribution in [0.15, 0.2) is 24.3 Å². The number of urea groups is 1. The third-order valence-electron chi connectivity index (χ3n) is 4.06. The normalized spacial score (nSPS) is 16.9. The number of aliphatic hydroxyl groups excluding tert-OH is 1. The number of carbonyl (C=O) groups is 1. The highest BCUT2D eigenvalue weighted by molar-refractivity contribution is 5.74. The molecule has 0 bridgehead atoms. The molecule has 1 fully saturated rings. The second-order valence-electron chi connectivity index (χ2n) is 5.76. The quantitative estimate of drug-likeness (QED) is 0.771. The summed E-state index contributed by atoms with van der Waals surface area (Å²) in [6, 6.07) is 8.15. The Balaban J connectivity index is 1.73. The summed E-state index contributed by atoms with van der Waals surface area (Å²) in [6.07, 6.45) is 4.71. The third kappa shape index (κ3) is 3.97. The van der Waals surface area contributed by atoms with E-state index >= 15 is 0 Å². The van der Waals surface area contributed by atoms with Gasteiger partial charge in [-0.25, -0.2) is 4.79 Å². The van der Waals surface area contributed by atoms with Crippen LogP contribution in [0, 0.1) is 6.92 Å². The minimum atomic E-state index is -0.395. The molecule has 1 aromatic carbocycles. The highest BCUT2D eigenvalue weighted by atomic mass is 16.3. The molecular weight excluding hydrogens is 252 g/mol. The van der Waals surface area contributed by atoms with Gasteiger partial charge in [0.25, 0.3) is 0 Å². The van der Waals surface area contributed by atoms with Gasteiger partial charge in [-0.05, 0) is 31.7 Å². The topological polar surface area (TPSA) is 61.4 Å². The molecule has 0 atom stereocenters. The maximum atomic E-state index is 11.9. The molecule has 3 N–H and O–H groups in total. The van der Waals surface area contributed by atoms with Crippen LogP contribution in [0.25, 0.3) is 0 Å². The minimum Gasteiger partial charge on any atom is -0.394 e. The van der Waals surface area contributed by atoms with Crippen LogP contribution in [0.5, 0.6) is 0 Å². The highest BCUT2D eigenvalue weighted by Gasteiger charge is 2.34. The molecule has 0 spiro atoms. The lowest BCUT2D eigenvalue weighted by Gasteiger charge is -2.27. The molecule has 20 heavy (non-hydrogen) atoms. The Labute approximate surface area is 120 Å². The number of hydrogen-bond donors (Lipinski definition) is 3. The number of amides is 2. The zero-order valence-corrected chi connectivity index (χ0v) is 12.1. The Morgan fingerprint density at radius 3 is 2.50 bits per heavy atom. The van der Waals surface area contributed by atoms with Gasteiger partial charge < -0.3 is 15.7 Å².